The number of thioether (sulfide) groups is 1. The third-order valence-corrected chi connectivity index (χ3v) is 5.01. The molecule has 1 aromatic heterocycles. The summed E-state index contributed by atoms with van der Waals surface area (Å²) in [6, 6.07) is 3.36. The van der Waals surface area contributed by atoms with Crippen molar-refractivity contribution in [2.24, 2.45) is 0 Å². The molecule has 3 nitrogen and oxygen atoms in total. The molecule has 0 aromatic carbocycles. The van der Waals surface area contributed by atoms with E-state index >= 15 is 0 Å². The Balaban J connectivity index is 2.27. The molecule has 0 saturated carbocycles. The summed E-state index contributed by atoms with van der Waals surface area (Å²) in [6.07, 6.45) is 0. The van der Waals surface area contributed by atoms with Crippen LogP contribution in [-0.4, -0.2) is 39.4 Å². The Kier molecular flexibility index (Phi) is 4.41. The molecule has 2 rings (SSSR count). The van der Waals surface area contributed by atoms with Gasteiger partial charge in [-0.05, 0) is 19.1 Å². The predicted molar refractivity (Wildman–Crippen MR) is 76.7 cm³/mol. The molecule has 0 radical (unpaired) electrons. The van der Waals surface area contributed by atoms with E-state index in [1.807, 2.05) is 23.6 Å². The lowest BCUT2D eigenvalue weighted by atomic mass is 10.2. The van der Waals surface area contributed by atoms with Crippen LogP contribution in [0.4, 0.5) is 0 Å². The molecule has 1 amide bonds. The van der Waals surface area contributed by atoms with Crippen LogP contribution in [0.1, 0.15) is 24.3 Å². The van der Waals surface area contributed by atoms with Crippen molar-refractivity contribution in [1.29, 1.82) is 0 Å². The molecule has 1 aromatic rings. The molecule has 0 aliphatic carbocycles. The minimum absolute atomic E-state index is 0.137. The van der Waals surface area contributed by atoms with Crippen LogP contribution in [0.2, 0.25) is 10.2 Å². The van der Waals surface area contributed by atoms with Crippen molar-refractivity contribution >= 4 is 40.9 Å². The van der Waals surface area contributed by atoms with Crippen LogP contribution in [0.5, 0.6) is 0 Å². The first kappa shape index (κ1) is 14.0. The predicted octanol–water partition coefficient (Wildman–Crippen LogP) is 3.35. The van der Waals surface area contributed by atoms with Gasteiger partial charge in [-0.1, -0.05) is 30.1 Å². The molecule has 1 fully saturated rings. The lowest BCUT2D eigenvalue weighted by Gasteiger charge is -2.37. The van der Waals surface area contributed by atoms with Gasteiger partial charge in [0.05, 0.1) is 5.02 Å². The van der Waals surface area contributed by atoms with E-state index in [1.54, 1.807) is 12.1 Å². The van der Waals surface area contributed by atoms with Gasteiger partial charge in [0.15, 0.2) is 0 Å². The molecular formula is C12H14Cl2N2OS. The Bertz CT molecular complexity index is 469. The fraction of sp³-hybridized carbons (Fsp3) is 0.500. The maximum absolute atomic E-state index is 12.4. The van der Waals surface area contributed by atoms with E-state index in [4.69, 9.17) is 23.2 Å². The Morgan fingerprint density at radius 2 is 2.17 bits per heavy atom. The average molecular weight is 305 g/mol. The van der Waals surface area contributed by atoms with Gasteiger partial charge in [0.1, 0.15) is 10.8 Å². The third kappa shape index (κ3) is 2.76. The standard InChI is InChI=1S/C12H14Cl2N2OS/c1-7-8(2)18-6-5-16(7)12(17)11-9(13)3-4-10(14)15-11/h3-4,7-8H,5-6H2,1-2H3. The largest absolute Gasteiger partial charge is 0.333 e. The smallest absolute Gasteiger partial charge is 0.274 e. The molecule has 1 aliphatic heterocycles. The van der Waals surface area contributed by atoms with Gasteiger partial charge in [0.2, 0.25) is 0 Å². The van der Waals surface area contributed by atoms with Crippen LogP contribution in [0.3, 0.4) is 0 Å². The Hall–Kier alpha value is -0.450. The van der Waals surface area contributed by atoms with Crippen molar-refractivity contribution < 1.29 is 4.79 Å². The molecule has 2 atom stereocenters. The van der Waals surface area contributed by atoms with E-state index in [0.717, 1.165) is 12.3 Å². The van der Waals surface area contributed by atoms with Crippen LogP contribution < -0.4 is 0 Å². The normalized spacial score (nSPS) is 24.1. The van der Waals surface area contributed by atoms with Crippen LogP contribution in [0, 0.1) is 0 Å². The van der Waals surface area contributed by atoms with Gasteiger partial charge in [0, 0.05) is 23.6 Å². The van der Waals surface area contributed by atoms with E-state index in [-0.39, 0.29) is 22.8 Å². The first-order valence-electron chi connectivity index (χ1n) is 5.75. The molecule has 6 heteroatoms. The summed E-state index contributed by atoms with van der Waals surface area (Å²) in [4.78, 5) is 18.3. The number of nitrogens with zero attached hydrogens (tertiary/aromatic N) is 2. The minimum Gasteiger partial charge on any atom is -0.333 e. The fourth-order valence-electron chi connectivity index (χ4n) is 1.92. The zero-order valence-electron chi connectivity index (χ0n) is 10.2. The maximum Gasteiger partial charge on any atom is 0.274 e. The van der Waals surface area contributed by atoms with Crippen molar-refractivity contribution in [1.82, 2.24) is 9.88 Å². The van der Waals surface area contributed by atoms with Crippen LogP contribution in [-0.2, 0) is 0 Å². The van der Waals surface area contributed by atoms with Crippen molar-refractivity contribution in [2.45, 2.75) is 25.1 Å². The summed E-state index contributed by atoms with van der Waals surface area (Å²) in [5.41, 5.74) is 0.245. The number of aromatic nitrogens is 1. The number of pyridine rings is 1. The lowest BCUT2D eigenvalue weighted by molar-refractivity contribution is 0.0692. The first-order chi connectivity index (χ1) is 8.50. The van der Waals surface area contributed by atoms with Crippen molar-refractivity contribution in [3.63, 3.8) is 0 Å². The zero-order valence-corrected chi connectivity index (χ0v) is 12.5. The summed E-state index contributed by atoms with van der Waals surface area (Å²) < 4.78 is 0. The molecule has 1 aliphatic rings. The second-order valence-corrected chi connectivity index (χ2v) is 6.56. The van der Waals surface area contributed by atoms with Gasteiger partial charge in [-0.25, -0.2) is 4.98 Å². The topological polar surface area (TPSA) is 33.2 Å². The van der Waals surface area contributed by atoms with Gasteiger partial charge in [-0.3, -0.25) is 4.79 Å². The van der Waals surface area contributed by atoms with Crippen molar-refractivity contribution in [3.8, 4) is 0 Å². The molecular weight excluding hydrogens is 291 g/mol. The number of halogens is 2. The molecule has 2 unspecified atom stereocenters. The van der Waals surface area contributed by atoms with Crippen molar-refractivity contribution in [3.05, 3.63) is 28.0 Å². The summed E-state index contributed by atoms with van der Waals surface area (Å²) >= 11 is 13.7. The van der Waals surface area contributed by atoms with Gasteiger partial charge in [-0.2, -0.15) is 11.8 Å². The molecule has 0 bridgehead atoms. The second-order valence-electron chi connectivity index (χ2n) is 4.28. The highest BCUT2D eigenvalue weighted by molar-refractivity contribution is 8.00. The highest BCUT2D eigenvalue weighted by atomic mass is 35.5. The fourth-order valence-corrected chi connectivity index (χ4v) is 3.36. The quantitative estimate of drug-likeness (QED) is 0.746. The van der Waals surface area contributed by atoms with E-state index in [9.17, 15) is 4.79 Å². The number of carbonyl (C=O) groups excluding carboxylic acids is 1. The number of hydrogen-bond donors (Lipinski definition) is 0. The van der Waals surface area contributed by atoms with Crippen LogP contribution in [0.15, 0.2) is 12.1 Å². The lowest BCUT2D eigenvalue weighted by Crippen LogP contribution is -2.48. The monoisotopic (exact) mass is 304 g/mol. The highest BCUT2D eigenvalue weighted by Gasteiger charge is 2.31. The maximum atomic E-state index is 12.4. The molecule has 1 saturated heterocycles. The molecule has 18 heavy (non-hydrogen) atoms. The Morgan fingerprint density at radius 1 is 1.44 bits per heavy atom. The number of rotatable bonds is 1. The minimum atomic E-state index is -0.137. The summed E-state index contributed by atoms with van der Waals surface area (Å²) in [6.45, 7) is 4.90. The summed E-state index contributed by atoms with van der Waals surface area (Å²) in [7, 11) is 0. The van der Waals surface area contributed by atoms with E-state index in [1.165, 1.54) is 0 Å². The molecule has 0 N–H and O–H groups in total. The van der Waals surface area contributed by atoms with Gasteiger partial charge in [-0.15, -0.1) is 0 Å². The number of amides is 1. The van der Waals surface area contributed by atoms with E-state index < -0.39 is 0 Å². The SMILES string of the molecule is CC1SCCN(C(=O)c2nc(Cl)ccc2Cl)C1C. The van der Waals surface area contributed by atoms with Gasteiger partial charge < -0.3 is 4.90 Å². The third-order valence-electron chi connectivity index (χ3n) is 3.16. The zero-order chi connectivity index (χ0) is 13.3. The van der Waals surface area contributed by atoms with Crippen molar-refractivity contribution in [2.75, 3.05) is 12.3 Å². The second kappa shape index (κ2) is 5.68. The Morgan fingerprint density at radius 3 is 2.89 bits per heavy atom. The summed E-state index contributed by atoms with van der Waals surface area (Å²) in [5.74, 6) is 0.803. The molecule has 2 heterocycles. The first-order valence-corrected chi connectivity index (χ1v) is 7.56. The number of carbonyl (C=O) groups is 1. The van der Waals surface area contributed by atoms with Gasteiger partial charge >= 0.3 is 0 Å². The van der Waals surface area contributed by atoms with E-state index in [2.05, 4.69) is 11.9 Å². The summed E-state index contributed by atoms with van der Waals surface area (Å²) in [5, 5.41) is 1.05. The Labute approximate surface area is 121 Å². The number of hydrogen-bond acceptors (Lipinski definition) is 3. The average Bonchev–Trinajstić information content (AvgIpc) is 2.35. The molecule has 98 valence electrons. The van der Waals surface area contributed by atoms with Crippen LogP contribution >= 0.6 is 35.0 Å². The molecule has 0 spiro atoms. The van der Waals surface area contributed by atoms with Crippen LogP contribution in [0.25, 0.3) is 0 Å². The van der Waals surface area contributed by atoms with Gasteiger partial charge in [0.25, 0.3) is 5.91 Å². The van der Waals surface area contributed by atoms with E-state index in [0.29, 0.717) is 10.3 Å². The highest BCUT2D eigenvalue weighted by Crippen LogP contribution is 2.27.